The molecule has 0 unspecified atom stereocenters. The van der Waals surface area contributed by atoms with E-state index in [0.29, 0.717) is 5.56 Å². The first-order chi connectivity index (χ1) is 16.2. The van der Waals surface area contributed by atoms with Crippen molar-refractivity contribution in [1.82, 2.24) is 10.2 Å². The third-order valence-electron chi connectivity index (χ3n) is 6.00. The molecule has 4 nitrogen and oxygen atoms in total. The van der Waals surface area contributed by atoms with E-state index in [1.54, 1.807) is 30.3 Å². The maximum absolute atomic E-state index is 13.3. The minimum atomic E-state index is -4.51. The highest BCUT2D eigenvalue weighted by Gasteiger charge is 2.41. The van der Waals surface area contributed by atoms with Crippen molar-refractivity contribution in [1.29, 1.82) is 0 Å². The molecule has 34 heavy (non-hydrogen) atoms. The quantitative estimate of drug-likeness (QED) is 0.515. The summed E-state index contributed by atoms with van der Waals surface area (Å²) in [7, 11) is 0. The largest absolute Gasteiger partial charge is 0.416 e. The average molecular weight is 487 g/mol. The summed E-state index contributed by atoms with van der Waals surface area (Å²) in [5, 5.41) is 3.15. The van der Waals surface area contributed by atoms with Gasteiger partial charge in [0.2, 0.25) is 5.91 Å². The van der Waals surface area contributed by atoms with E-state index in [9.17, 15) is 22.8 Å². The fraction of sp³-hybridized carbons (Fsp3) is 0.231. The molecule has 176 valence electrons. The third-order valence-corrected chi connectivity index (χ3v) is 6.33. The molecule has 2 atom stereocenters. The number of carbonyl (C=O) groups is 2. The van der Waals surface area contributed by atoms with Gasteiger partial charge in [-0.2, -0.15) is 13.2 Å². The van der Waals surface area contributed by atoms with Crippen molar-refractivity contribution >= 4 is 23.4 Å². The van der Waals surface area contributed by atoms with Crippen molar-refractivity contribution < 1.29 is 22.8 Å². The zero-order valence-corrected chi connectivity index (χ0v) is 18.8. The summed E-state index contributed by atoms with van der Waals surface area (Å²) in [6.45, 7) is 0.463. The molecule has 1 aliphatic heterocycles. The number of benzene rings is 3. The summed E-state index contributed by atoms with van der Waals surface area (Å²) in [6.07, 6.45) is -4.51. The van der Waals surface area contributed by atoms with Gasteiger partial charge in [-0.3, -0.25) is 9.59 Å². The molecule has 1 heterocycles. The summed E-state index contributed by atoms with van der Waals surface area (Å²) in [4.78, 5) is 27.8. The maximum atomic E-state index is 13.3. The molecule has 1 saturated heterocycles. The summed E-state index contributed by atoms with van der Waals surface area (Å²) in [5.74, 6) is -1.98. The van der Waals surface area contributed by atoms with Crippen LogP contribution >= 0.6 is 11.6 Å². The molecule has 0 aromatic heterocycles. The molecule has 0 saturated carbocycles. The van der Waals surface area contributed by atoms with Crippen LogP contribution < -0.4 is 5.32 Å². The number of hydrogen-bond donors (Lipinski definition) is 1. The Morgan fingerprint density at radius 2 is 1.65 bits per heavy atom. The summed E-state index contributed by atoms with van der Waals surface area (Å²) < 4.78 is 40.0. The first kappa shape index (κ1) is 23.8. The Labute approximate surface area is 200 Å². The van der Waals surface area contributed by atoms with E-state index >= 15 is 0 Å². The Hall–Kier alpha value is -3.32. The van der Waals surface area contributed by atoms with Crippen molar-refractivity contribution in [2.45, 2.75) is 18.6 Å². The van der Waals surface area contributed by atoms with Gasteiger partial charge in [-0.1, -0.05) is 72.3 Å². The average Bonchev–Trinajstić information content (AvgIpc) is 3.28. The van der Waals surface area contributed by atoms with Gasteiger partial charge in [0, 0.05) is 25.6 Å². The lowest BCUT2D eigenvalue weighted by Crippen LogP contribution is -2.35. The van der Waals surface area contributed by atoms with Gasteiger partial charge >= 0.3 is 6.18 Å². The second-order valence-electron chi connectivity index (χ2n) is 8.23. The number of amides is 2. The van der Waals surface area contributed by atoms with E-state index in [4.69, 9.17) is 11.6 Å². The monoisotopic (exact) mass is 486 g/mol. The van der Waals surface area contributed by atoms with Crippen LogP contribution in [-0.2, 0) is 17.5 Å². The van der Waals surface area contributed by atoms with E-state index < -0.39 is 23.6 Å². The van der Waals surface area contributed by atoms with E-state index in [0.717, 1.165) is 17.7 Å². The molecule has 0 aliphatic carbocycles. The van der Waals surface area contributed by atoms with Gasteiger partial charge in [0.15, 0.2) is 0 Å². The van der Waals surface area contributed by atoms with Crippen LogP contribution in [0.25, 0.3) is 0 Å². The fourth-order valence-electron chi connectivity index (χ4n) is 4.24. The van der Waals surface area contributed by atoms with Crippen LogP contribution in [-0.4, -0.2) is 29.8 Å². The molecule has 1 aliphatic rings. The number of hydrogen-bond acceptors (Lipinski definition) is 2. The molecule has 4 rings (SSSR count). The van der Waals surface area contributed by atoms with Crippen LogP contribution in [0.5, 0.6) is 0 Å². The third kappa shape index (κ3) is 5.25. The zero-order chi connectivity index (χ0) is 24.3. The molecule has 0 spiro atoms. The number of nitrogens with one attached hydrogen (secondary N) is 1. The Morgan fingerprint density at radius 1 is 0.941 bits per heavy atom. The highest BCUT2D eigenvalue weighted by Crippen LogP contribution is 2.37. The highest BCUT2D eigenvalue weighted by molar-refractivity contribution is 6.33. The van der Waals surface area contributed by atoms with Gasteiger partial charge in [0.1, 0.15) is 0 Å². The van der Waals surface area contributed by atoms with Crippen molar-refractivity contribution in [3.8, 4) is 0 Å². The number of rotatable bonds is 5. The van der Waals surface area contributed by atoms with Crippen LogP contribution in [0.15, 0.2) is 78.9 Å². The lowest BCUT2D eigenvalue weighted by atomic mass is 9.87. The van der Waals surface area contributed by atoms with Crippen LogP contribution in [0.4, 0.5) is 13.2 Å². The second-order valence-corrected chi connectivity index (χ2v) is 8.64. The molecule has 2 amide bonds. The summed E-state index contributed by atoms with van der Waals surface area (Å²) in [5.41, 5.74) is 0.763. The lowest BCUT2D eigenvalue weighted by Gasteiger charge is -2.19. The fourth-order valence-corrected chi connectivity index (χ4v) is 4.46. The van der Waals surface area contributed by atoms with Crippen LogP contribution in [0.1, 0.15) is 33.0 Å². The molecule has 0 radical (unpaired) electrons. The Kier molecular flexibility index (Phi) is 6.93. The van der Waals surface area contributed by atoms with Crippen LogP contribution in [0.2, 0.25) is 5.02 Å². The molecule has 1 fully saturated rings. The maximum Gasteiger partial charge on any atom is 0.416 e. The summed E-state index contributed by atoms with van der Waals surface area (Å²) >= 11 is 6.19. The minimum Gasteiger partial charge on any atom is -0.352 e. The number of carbonyl (C=O) groups excluding carboxylic acids is 2. The van der Waals surface area contributed by atoms with Gasteiger partial charge in [-0.15, -0.1) is 0 Å². The number of nitrogens with zero attached hydrogens (tertiary/aromatic N) is 1. The minimum absolute atomic E-state index is 0.0750. The topological polar surface area (TPSA) is 49.4 Å². The highest BCUT2D eigenvalue weighted by atomic mass is 35.5. The van der Waals surface area contributed by atoms with E-state index in [1.165, 1.54) is 11.0 Å². The van der Waals surface area contributed by atoms with Gasteiger partial charge in [0.05, 0.1) is 22.1 Å². The van der Waals surface area contributed by atoms with Crippen LogP contribution in [0, 0.1) is 5.92 Å². The van der Waals surface area contributed by atoms with Gasteiger partial charge in [-0.05, 0) is 29.3 Å². The van der Waals surface area contributed by atoms with Crippen molar-refractivity contribution in [2.24, 2.45) is 5.92 Å². The SMILES string of the molecule is O=C(NCc1ccccc1)[C@H]1CN(C(=O)c2ccccc2Cl)C[C@H]1c1cccc(C(F)(F)F)c1. The Morgan fingerprint density at radius 3 is 2.35 bits per heavy atom. The van der Waals surface area contributed by atoms with Crippen LogP contribution in [0.3, 0.4) is 0 Å². The predicted octanol–water partition coefficient (Wildman–Crippen LogP) is 5.53. The van der Waals surface area contributed by atoms with Crippen molar-refractivity contribution in [3.63, 3.8) is 0 Å². The molecule has 3 aromatic carbocycles. The molecule has 3 aromatic rings. The molecular formula is C26H22ClF3N2O2. The van der Waals surface area contributed by atoms with E-state index in [2.05, 4.69) is 5.32 Å². The van der Waals surface area contributed by atoms with E-state index in [1.807, 2.05) is 30.3 Å². The number of likely N-dealkylation sites (tertiary alicyclic amines) is 1. The predicted molar refractivity (Wildman–Crippen MR) is 123 cm³/mol. The number of alkyl halides is 3. The second kappa shape index (κ2) is 9.89. The molecular weight excluding hydrogens is 465 g/mol. The lowest BCUT2D eigenvalue weighted by molar-refractivity contribution is -0.137. The summed E-state index contributed by atoms with van der Waals surface area (Å²) in [6, 6.07) is 20.8. The first-order valence-corrected chi connectivity index (χ1v) is 11.1. The smallest absolute Gasteiger partial charge is 0.352 e. The Bertz CT molecular complexity index is 1180. The molecule has 0 bridgehead atoms. The molecule has 8 heteroatoms. The first-order valence-electron chi connectivity index (χ1n) is 10.8. The van der Waals surface area contributed by atoms with Crippen molar-refractivity contribution in [3.05, 3.63) is 106 Å². The van der Waals surface area contributed by atoms with Gasteiger partial charge in [0.25, 0.3) is 5.91 Å². The van der Waals surface area contributed by atoms with Gasteiger partial charge < -0.3 is 10.2 Å². The van der Waals surface area contributed by atoms with Gasteiger partial charge in [-0.25, -0.2) is 0 Å². The molecule has 1 N–H and O–H groups in total. The Balaban J connectivity index is 1.61. The zero-order valence-electron chi connectivity index (χ0n) is 18.1. The van der Waals surface area contributed by atoms with Crippen molar-refractivity contribution in [2.75, 3.05) is 13.1 Å². The normalized spacial score (nSPS) is 18.1. The standard InChI is InChI=1S/C26H22ClF3N2O2/c27-23-12-5-4-11-20(23)25(34)32-15-21(18-9-6-10-19(13-18)26(28,29)30)22(16-32)24(33)31-14-17-7-2-1-3-8-17/h1-13,21-22H,14-16H2,(H,31,33)/t21-,22-/m0/s1. The number of halogens is 4. The van der Waals surface area contributed by atoms with E-state index in [-0.39, 0.29) is 42.0 Å².